The molecule has 8 heteroatoms. The molecule has 1 aromatic heterocycles. The fraction of sp³-hybridized carbons (Fsp3) is 0.259. The summed E-state index contributed by atoms with van der Waals surface area (Å²) in [5, 5.41) is 2.90. The molecule has 7 nitrogen and oxygen atoms in total. The average Bonchev–Trinajstić information content (AvgIpc) is 3.24. The van der Waals surface area contributed by atoms with Gasteiger partial charge in [0, 0.05) is 18.0 Å². The molecule has 180 valence electrons. The monoisotopic (exact) mass is 489 g/mol. The van der Waals surface area contributed by atoms with Gasteiger partial charge in [-0.3, -0.25) is 4.79 Å². The quantitative estimate of drug-likeness (QED) is 0.307. The van der Waals surface area contributed by atoms with Crippen molar-refractivity contribution in [2.24, 2.45) is 0 Å². The number of aromatic nitrogens is 2. The van der Waals surface area contributed by atoms with E-state index in [1.54, 1.807) is 0 Å². The average molecular weight is 490 g/mol. The van der Waals surface area contributed by atoms with Crippen molar-refractivity contribution in [1.29, 1.82) is 0 Å². The molecular weight excluding hydrogens is 462 g/mol. The van der Waals surface area contributed by atoms with Gasteiger partial charge in [0.05, 0.1) is 29.9 Å². The van der Waals surface area contributed by atoms with Crippen molar-refractivity contribution >= 4 is 34.4 Å². The van der Waals surface area contributed by atoms with Gasteiger partial charge >= 0.3 is 0 Å². The first kappa shape index (κ1) is 23.4. The summed E-state index contributed by atoms with van der Waals surface area (Å²) in [6.45, 7) is 4.72. The number of thioether (sulfide) groups is 1. The highest BCUT2D eigenvalue weighted by molar-refractivity contribution is 8.00. The molecule has 1 N–H and O–H groups in total. The molecule has 1 unspecified atom stereocenters. The van der Waals surface area contributed by atoms with E-state index in [9.17, 15) is 4.79 Å². The van der Waals surface area contributed by atoms with Crippen LogP contribution in [-0.4, -0.2) is 34.1 Å². The number of para-hydroxylation sites is 3. The van der Waals surface area contributed by atoms with E-state index in [4.69, 9.17) is 19.2 Å². The molecule has 3 aromatic carbocycles. The zero-order valence-electron chi connectivity index (χ0n) is 19.5. The zero-order valence-corrected chi connectivity index (χ0v) is 20.3. The molecule has 0 saturated carbocycles. The molecular formula is C27H27N3O4S. The first-order chi connectivity index (χ1) is 17.2. The summed E-state index contributed by atoms with van der Waals surface area (Å²) in [4.78, 5) is 18.1. The van der Waals surface area contributed by atoms with Crippen LogP contribution in [0.15, 0.2) is 77.7 Å². The largest absolute Gasteiger partial charge is 0.486 e. The van der Waals surface area contributed by atoms with E-state index in [0.29, 0.717) is 26.4 Å². The molecule has 2 heterocycles. The van der Waals surface area contributed by atoms with Crippen LogP contribution in [-0.2, 0) is 34.0 Å². The van der Waals surface area contributed by atoms with Crippen LogP contribution in [0.4, 0.5) is 5.69 Å². The van der Waals surface area contributed by atoms with Crippen LogP contribution in [0, 0.1) is 0 Å². The number of fused-ring (bicyclic) bond motifs is 2. The number of nitrogens with one attached hydrogen (secondary N) is 1. The Morgan fingerprint density at radius 1 is 1.00 bits per heavy atom. The lowest BCUT2D eigenvalue weighted by Gasteiger charge is -2.24. The smallest absolute Gasteiger partial charge is 0.264 e. The highest BCUT2D eigenvalue weighted by Gasteiger charge is 2.27. The first-order valence-electron chi connectivity index (χ1n) is 11.6. The molecule has 0 bridgehead atoms. The maximum absolute atomic E-state index is 12.3. The van der Waals surface area contributed by atoms with E-state index in [2.05, 4.69) is 16.0 Å². The van der Waals surface area contributed by atoms with E-state index in [1.165, 1.54) is 11.8 Å². The van der Waals surface area contributed by atoms with Crippen LogP contribution in [0.2, 0.25) is 0 Å². The molecule has 0 fully saturated rings. The number of nitrogens with zero attached hydrogens (tertiary/aromatic N) is 2. The van der Waals surface area contributed by atoms with Gasteiger partial charge in [-0.2, -0.15) is 0 Å². The Labute approximate surface area is 208 Å². The second-order valence-electron chi connectivity index (χ2n) is 8.04. The molecule has 4 aromatic rings. The second kappa shape index (κ2) is 10.9. The van der Waals surface area contributed by atoms with Crippen molar-refractivity contribution in [3.05, 3.63) is 84.2 Å². The summed E-state index contributed by atoms with van der Waals surface area (Å²) in [6.07, 6.45) is 0. The van der Waals surface area contributed by atoms with Gasteiger partial charge in [-0.25, -0.2) is 4.98 Å². The van der Waals surface area contributed by atoms with Crippen molar-refractivity contribution in [3.8, 4) is 5.75 Å². The Kier molecular flexibility index (Phi) is 7.32. The number of ether oxygens (including phenoxy) is 3. The summed E-state index contributed by atoms with van der Waals surface area (Å²) in [5.74, 6) is 1.47. The van der Waals surface area contributed by atoms with Gasteiger partial charge in [-0.15, -0.1) is 0 Å². The van der Waals surface area contributed by atoms with E-state index in [-0.39, 0.29) is 5.91 Å². The standard InChI is InChI=1S/C27H27N3O4S/c1-2-32-16-15-30-23-9-5-3-7-21(23)28-25(30)18-33-20-13-11-19(12-14-20)17-34-27-26(31)29-22-8-4-6-10-24(22)35-27/h3-14,27H,2,15-18H2,1H3,(H,29,31). The number of amides is 1. The molecule has 1 amide bonds. The van der Waals surface area contributed by atoms with Gasteiger partial charge in [-0.1, -0.05) is 48.2 Å². The van der Waals surface area contributed by atoms with Crippen molar-refractivity contribution in [2.45, 2.75) is 37.0 Å². The zero-order chi connectivity index (χ0) is 24.0. The minimum Gasteiger partial charge on any atom is -0.486 e. The highest BCUT2D eigenvalue weighted by atomic mass is 32.2. The predicted octanol–water partition coefficient (Wildman–Crippen LogP) is 5.24. The number of benzene rings is 3. The number of hydrogen-bond donors (Lipinski definition) is 1. The molecule has 35 heavy (non-hydrogen) atoms. The maximum Gasteiger partial charge on any atom is 0.264 e. The lowest BCUT2D eigenvalue weighted by molar-refractivity contribution is -0.123. The second-order valence-corrected chi connectivity index (χ2v) is 9.15. The fourth-order valence-corrected chi connectivity index (χ4v) is 4.87. The van der Waals surface area contributed by atoms with Gasteiger partial charge in [0.15, 0.2) is 5.44 Å². The van der Waals surface area contributed by atoms with Crippen LogP contribution in [0.1, 0.15) is 18.3 Å². The van der Waals surface area contributed by atoms with E-state index in [0.717, 1.165) is 45.3 Å². The Bertz CT molecular complexity index is 1310. The number of rotatable bonds is 10. The van der Waals surface area contributed by atoms with E-state index >= 15 is 0 Å². The number of carbonyl (C=O) groups excluding carboxylic acids is 1. The minimum atomic E-state index is -0.578. The Hall–Kier alpha value is -3.33. The van der Waals surface area contributed by atoms with Gasteiger partial charge < -0.3 is 24.1 Å². The fourth-order valence-electron chi connectivity index (χ4n) is 3.93. The third kappa shape index (κ3) is 5.51. The Morgan fingerprint density at radius 2 is 1.80 bits per heavy atom. The van der Waals surface area contributed by atoms with Crippen LogP contribution in [0.3, 0.4) is 0 Å². The van der Waals surface area contributed by atoms with E-state index < -0.39 is 5.44 Å². The summed E-state index contributed by atoms with van der Waals surface area (Å²) in [7, 11) is 0. The Morgan fingerprint density at radius 3 is 2.66 bits per heavy atom. The molecule has 5 rings (SSSR count). The summed E-state index contributed by atoms with van der Waals surface area (Å²) in [5.41, 5.74) is 3.24. The van der Waals surface area contributed by atoms with Gasteiger partial charge in [-0.05, 0) is 48.9 Å². The summed E-state index contributed by atoms with van der Waals surface area (Å²) < 4.78 is 19.6. The summed E-state index contributed by atoms with van der Waals surface area (Å²) >= 11 is 1.43. The number of anilines is 1. The normalized spacial score (nSPS) is 15.1. The van der Waals surface area contributed by atoms with Crippen molar-refractivity contribution in [3.63, 3.8) is 0 Å². The highest BCUT2D eigenvalue weighted by Crippen LogP contribution is 2.36. The van der Waals surface area contributed by atoms with Crippen LogP contribution in [0.25, 0.3) is 11.0 Å². The third-order valence-corrected chi connectivity index (χ3v) is 6.86. The molecule has 1 aliphatic rings. The summed E-state index contributed by atoms with van der Waals surface area (Å²) in [6, 6.07) is 23.5. The predicted molar refractivity (Wildman–Crippen MR) is 137 cm³/mol. The van der Waals surface area contributed by atoms with Gasteiger partial charge in [0.2, 0.25) is 0 Å². The Balaban J connectivity index is 1.18. The topological polar surface area (TPSA) is 74.6 Å². The number of carbonyl (C=O) groups is 1. The van der Waals surface area contributed by atoms with Gasteiger partial charge in [0.25, 0.3) is 5.91 Å². The first-order valence-corrected chi connectivity index (χ1v) is 12.5. The molecule has 0 radical (unpaired) electrons. The maximum atomic E-state index is 12.3. The molecule has 1 atom stereocenters. The van der Waals surface area contributed by atoms with Crippen molar-refractivity contribution < 1.29 is 19.0 Å². The third-order valence-electron chi connectivity index (χ3n) is 5.68. The number of hydrogen-bond acceptors (Lipinski definition) is 6. The minimum absolute atomic E-state index is 0.138. The van der Waals surface area contributed by atoms with Crippen molar-refractivity contribution in [1.82, 2.24) is 9.55 Å². The van der Waals surface area contributed by atoms with Gasteiger partial charge in [0.1, 0.15) is 18.2 Å². The van der Waals surface area contributed by atoms with Crippen LogP contribution < -0.4 is 10.1 Å². The number of imidazole rings is 1. The van der Waals surface area contributed by atoms with Crippen molar-refractivity contribution in [2.75, 3.05) is 18.5 Å². The van der Waals surface area contributed by atoms with E-state index in [1.807, 2.05) is 73.7 Å². The molecule has 0 spiro atoms. The van der Waals surface area contributed by atoms with Crippen LogP contribution in [0.5, 0.6) is 5.75 Å². The molecule has 0 aliphatic carbocycles. The molecule has 1 aliphatic heterocycles. The lowest BCUT2D eigenvalue weighted by atomic mass is 10.2. The molecule has 0 saturated heterocycles. The SMILES string of the molecule is CCOCCn1c(COc2ccc(COC3Sc4ccccc4NC3=O)cc2)nc2ccccc21. The lowest BCUT2D eigenvalue weighted by Crippen LogP contribution is -2.31. The van der Waals surface area contributed by atoms with Crippen LogP contribution >= 0.6 is 11.8 Å².